The summed E-state index contributed by atoms with van der Waals surface area (Å²) in [4.78, 5) is 12.9. The van der Waals surface area contributed by atoms with Crippen molar-refractivity contribution in [1.29, 1.82) is 0 Å². The number of aromatic carboxylic acids is 1. The molecule has 0 fully saturated rings. The van der Waals surface area contributed by atoms with Crippen LogP contribution < -0.4 is 4.90 Å². The number of aliphatic hydroxyl groups excluding tert-OH is 1. The Hall–Kier alpha value is -1.81. The van der Waals surface area contributed by atoms with Crippen molar-refractivity contribution in [3.8, 4) is 0 Å². The van der Waals surface area contributed by atoms with Crippen molar-refractivity contribution in [3.05, 3.63) is 41.5 Å². The largest absolute Gasteiger partial charge is 0.478 e. The summed E-state index contributed by atoms with van der Waals surface area (Å²) in [6.45, 7) is 1.76. The van der Waals surface area contributed by atoms with Crippen LogP contribution in [0.15, 0.2) is 35.9 Å². The predicted octanol–water partition coefficient (Wildman–Crippen LogP) is 1.51. The zero-order valence-corrected chi connectivity index (χ0v) is 9.47. The molecule has 90 valence electrons. The van der Waals surface area contributed by atoms with Gasteiger partial charge in [0, 0.05) is 18.8 Å². The molecule has 0 atom stereocenters. The number of carboxylic acids is 1. The maximum atomic E-state index is 10.7. The maximum Gasteiger partial charge on any atom is 0.335 e. The van der Waals surface area contributed by atoms with Crippen molar-refractivity contribution in [2.24, 2.45) is 0 Å². The van der Waals surface area contributed by atoms with Crippen LogP contribution in [0.5, 0.6) is 0 Å². The van der Waals surface area contributed by atoms with Crippen LogP contribution in [0.4, 0.5) is 5.69 Å². The molecular formula is C13H15NO3. The molecule has 0 unspecified atom stereocenters. The first kappa shape index (κ1) is 11.7. The normalized spacial score (nSPS) is 15.6. The molecule has 17 heavy (non-hydrogen) atoms. The molecule has 4 nitrogen and oxygen atoms in total. The number of hydrogen-bond donors (Lipinski definition) is 2. The molecule has 1 aromatic rings. The molecule has 0 spiro atoms. The molecule has 1 aromatic carbocycles. The molecule has 1 aliphatic heterocycles. The number of carbonyl (C=O) groups is 1. The van der Waals surface area contributed by atoms with Crippen LogP contribution in [0, 0.1) is 0 Å². The van der Waals surface area contributed by atoms with Crippen LogP contribution in [0.3, 0.4) is 0 Å². The van der Waals surface area contributed by atoms with E-state index in [0.717, 1.165) is 30.8 Å². The Balaban J connectivity index is 2.09. The summed E-state index contributed by atoms with van der Waals surface area (Å²) in [5.41, 5.74) is 2.39. The first-order valence-electron chi connectivity index (χ1n) is 5.58. The Morgan fingerprint density at radius 1 is 1.29 bits per heavy atom. The van der Waals surface area contributed by atoms with Gasteiger partial charge < -0.3 is 15.1 Å². The highest BCUT2D eigenvalue weighted by Crippen LogP contribution is 2.20. The summed E-state index contributed by atoms with van der Waals surface area (Å²) in [6.07, 6.45) is 2.88. The van der Waals surface area contributed by atoms with Crippen LogP contribution in [0.1, 0.15) is 16.8 Å². The summed E-state index contributed by atoms with van der Waals surface area (Å²) in [5.74, 6) is -0.905. The lowest BCUT2D eigenvalue weighted by atomic mass is 10.1. The third-order valence-corrected chi connectivity index (χ3v) is 2.99. The summed E-state index contributed by atoms with van der Waals surface area (Å²) in [6, 6.07) is 6.87. The van der Waals surface area contributed by atoms with Crippen molar-refractivity contribution in [2.75, 3.05) is 24.6 Å². The lowest BCUT2D eigenvalue weighted by Crippen LogP contribution is -2.29. The minimum absolute atomic E-state index is 0.131. The third kappa shape index (κ3) is 2.65. The van der Waals surface area contributed by atoms with Gasteiger partial charge >= 0.3 is 5.97 Å². The Morgan fingerprint density at radius 3 is 2.47 bits per heavy atom. The highest BCUT2D eigenvalue weighted by atomic mass is 16.4. The topological polar surface area (TPSA) is 60.8 Å². The molecular weight excluding hydrogens is 218 g/mol. The van der Waals surface area contributed by atoms with E-state index in [9.17, 15) is 4.79 Å². The van der Waals surface area contributed by atoms with Crippen LogP contribution in [-0.2, 0) is 0 Å². The van der Waals surface area contributed by atoms with E-state index in [0.29, 0.717) is 5.56 Å². The van der Waals surface area contributed by atoms with E-state index in [1.165, 1.54) is 0 Å². The van der Waals surface area contributed by atoms with Gasteiger partial charge in [-0.3, -0.25) is 0 Å². The van der Waals surface area contributed by atoms with Gasteiger partial charge in [-0.25, -0.2) is 4.79 Å². The first-order chi connectivity index (χ1) is 8.20. The lowest BCUT2D eigenvalue weighted by Gasteiger charge is -2.28. The Bertz CT molecular complexity index is 436. The number of benzene rings is 1. The monoisotopic (exact) mass is 233 g/mol. The molecule has 0 aromatic heterocycles. The van der Waals surface area contributed by atoms with Crippen molar-refractivity contribution in [2.45, 2.75) is 6.42 Å². The summed E-state index contributed by atoms with van der Waals surface area (Å²) in [5, 5.41) is 17.8. The van der Waals surface area contributed by atoms with Crippen molar-refractivity contribution in [1.82, 2.24) is 0 Å². The van der Waals surface area contributed by atoms with Crippen molar-refractivity contribution < 1.29 is 15.0 Å². The standard InChI is InChI=1S/C13H15NO3/c15-9-10-5-7-14(8-6-10)12-3-1-11(2-4-12)13(16)17/h1-5,15H,6-9H2,(H,16,17). The van der Waals surface area contributed by atoms with Crippen LogP contribution >= 0.6 is 0 Å². The zero-order valence-electron chi connectivity index (χ0n) is 9.47. The van der Waals surface area contributed by atoms with E-state index in [2.05, 4.69) is 4.90 Å². The second kappa shape index (κ2) is 5.01. The Morgan fingerprint density at radius 2 is 2.00 bits per heavy atom. The molecule has 0 amide bonds. The minimum atomic E-state index is -0.905. The molecule has 2 N–H and O–H groups in total. The number of nitrogens with zero attached hydrogens (tertiary/aromatic N) is 1. The van der Waals surface area contributed by atoms with Crippen molar-refractivity contribution in [3.63, 3.8) is 0 Å². The number of carboxylic acid groups (broad SMARTS) is 1. The number of rotatable bonds is 3. The van der Waals surface area contributed by atoms with Crippen molar-refractivity contribution >= 4 is 11.7 Å². The fourth-order valence-corrected chi connectivity index (χ4v) is 1.90. The molecule has 0 bridgehead atoms. The molecule has 0 aliphatic carbocycles. The van der Waals surface area contributed by atoms with Gasteiger partial charge in [0.1, 0.15) is 0 Å². The SMILES string of the molecule is O=C(O)c1ccc(N2CC=C(CO)CC2)cc1. The van der Waals surface area contributed by atoms with E-state index < -0.39 is 5.97 Å². The fourth-order valence-electron chi connectivity index (χ4n) is 1.90. The molecule has 2 rings (SSSR count). The molecule has 0 saturated carbocycles. The second-order valence-corrected chi connectivity index (χ2v) is 4.07. The van der Waals surface area contributed by atoms with Gasteiger partial charge in [-0.2, -0.15) is 0 Å². The van der Waals surface area contributed by atoms with E-state index in [1.807, 2.05) is 18.2 Å². The zero-order chi connectivity index (χ0) is 12.3. The Kier molecular flexibility index (Phi) is 3.44. The van der Waals surface area contributed by atoms with Gasteiger partial charge in [0.15, 0.2) is 0 Å². The number of aliphatic hydroxyl groups is 1. The maximum absolute atomic E-state index is 10.7. The second-order valence-electron chi connectivity index (χ2n) is 4.07. The van der Waals surface area contributed by atoms with Gasteiger partial charge in [0.05, 0.1) is 12.2 Å². The fraction of sp³-hybridized carbons (Fsp3) is 0.308. The molecule has 1 aliphatic rings. The Labute approximate surface area is 99.8 Å². The van der Waals surface area contributed by atoms with Crippen LogP contribution in [0.2, 0.25) is 0 Å². The van der Waals surface area contributed by atoms with Gasteiger partial charge in [-0.15, -0.1) is 0 Å². The molecule has 0 saturated heterocycles. The van der Waals surface area contributed by atoms with Crippen LogP contribution in [-0.4, -0.2) is 35.9 Å². The summed E-state index contributed by atoms with van der Waals surface area (Å²) < 4.78 is 0. The smallest absolute Gasteiger partial charge is 0.335 e. The average molecular weight is 233 g/mol. The molecule has 1 heterocycles. The van der Waals surface area contributed by atoms with Gasteiger partial charge in [-0.05, 0) is 36.3 Å². The molecule has 0 radical (unpaired) electrons. The van der Waals surface area contributed by atoms with Gasteiger partial charge in [0.25, 0.3) is 0 Å². The van der Waals surface area contributed by atoms with E-state index in [1.54, 1.807) is 12.1 Å². The van der Waals surface area contributed by atoms with Crippen LogP contribution in [0.25, 0.3) is 0 Å². The lowest BCUT2D eigenvalue weighted by molar-refractivity contribution is 0.0697. The first-order valence-corrected chi connectivity index (χ1v) is 5.58. The minimum Gasteiger partial charge on any atom is -0.478 e. The van der Waals surface area contributed by atoms with E-state index in [-0.39, 0.29) is 6.61 Å². The quantitative estimate of drug-likeness (QED) is 0.777. The highest BCUT2D eigenvalue weighted by molar-refractivity contribution is 5.88. The number of anilines is 1. The third-order valence-electron chi connectivity index (χ3n) is 2.99. The predicted molar refractivity (Wildman–Crippen MR) is 65.4 cm³/mol. The van der Waals surface area contributed by atoms with E-state index >= 15 is 0 Å². The summed E-state index contributed by atoms with van der Waals surface area (Å²) >= 11 is 0. The molecule has 4 heteroatoms. The number of hydrogen-bond acceptors (Lipinski definition) is 3. The van der Waals surface area contributed by atoms with E-state index in [4.69, 9.17) is 10.2 Å². The van der Waals surface area contributed by atoms with Gasteiger partial charge in [-0.1, -0.05) is 6.08 Å². The summed E-state index contributed by atoms with van der Waals surface area (Å²) in [7, 11) is 0. The van der Waals surface area contributed by atoms with Gasteiger partial charge in [0.2, 0.25) is 0 Å². The average Bonchev–Trinajstić information content (AvgIpc) is 2.39. The highest BCUT2D eigenvalue weighted by Gasteiger charge is 2.12.